The van der Waals surface area contributed by atoms with Crippen molar-refractivity contribution in [2.75, 3.05) is 31.1 Å². The van der Waals surface area contributed by atoms with Crippen molar-refractivity contribution in [3.8, 4) is 0 Å². The van der Waals surface area contributed by atoms with Crippen LogP contribution in [-0.4, -0.2) is 46.1 Å². The first kappa shape index (κ1) is 12.9. The Morgan fingerprint density at radius 2 is 2.29 bits per heavy atom. The van der Waals surface area contributed by atoms with E-state index in [2.05, 4.69) is 28.2 Å². The molecule has 0 atom stereocenters. The monoisotopic (exact) mass is 299 g/mol. The van der Waals surface area contributed by atoms with E-state index < -0.39 is 0 Å². The molecule has 0 radical (unpaired) electrons. The van der Waals surface area contributed by atoms with Crippen LogP contribution in [0.3, 0.4) is 0 Å². The summed E-state index contributed by atoms with van der Waals surface area (Å²) in [4.78, 5) is 6.85. The van der Waals surface area contributed by atoms with Crippen molar-refractivity contribution >= 4 is 25.1 Å². The molecule has 1 aliphatic rings. The van der Waals surface area contributed by atoms with Gasteiger partial charge in [0.05, 0.1) is 0 Å². The molecule has 1 N–H and O–H groups in total. The Morgan fingerprint density at radius 3 is 3.18 bits per heavy atom. The molecule has 2 heterocycles. The molecular formula is C13H21N3Se. The summed E-state index contributed by atoms with van der Waals surface area (Å²) in [6.45, 7) is 6.73. The van der Waals surface area contributed by atoms with Crippen LogP contribution in [0.25, 0.3) is 0 Å². The van der Waals surface area contributed by atoms with E-state index in [9.17, 15) is 0 Å². The molecule has 0 unspecified atom stereocenters. The van der Waals surface area contributed by atoms with Crippen molar-refractivity contribution < 1.29 is 0 Å². The zero-order chi connectivity index (χ0) is 11.9. The van der Waals surface area contributed by atoms with Crippen LogP contribution >= 0.6 is 0 Å². The zero-order valence-electron chi connectivity index (χ0n) is 10.5. The van der Waals surface area contributed by atoms with Crippen molar-refractivity contribution in [2.24, 2.45) is 0 Å². The normalized spacial score (nSPS) is 16.9. The third kappa shape index (κ3) is 3.98. The Kier molecular flexibility index (Phi) is 5.30. The van der Waals surface area contributed by atoms with Gasteiger partial charge in [-0.1, -0.05) is 0 Å². The number of aromatic nitrogens is 1. The van der Waals surface area contributed by atoms with E-state index in [1.165, 1.54) is 28.3 Å². The van der Waals surface area contributed by atoms with Gasteiger partial charge in [-0.05, 0) is 0 Å². The van der Waals surface area contributed by atoms with Gasteiger partial charge < -0.3 is 0 Å². The van der Waals surface area contributed by atoms with Gasteiger partial charge in [-0.15, -0.1) is 0 Å². The maximum atomic E-state index is 4.40. The Labute approximate surface area is 110 Å². The zero-order valence-corrected chi connectivity index (χ0v) is 12.2. The van der Waals surface area contributed by atoms with Crippen LogP contribution in [0.1, 0.15) is 19.8 Å². The average Bonchev–Trinajstić information content (AvgIpc) is 2.65. The van der Waals surface area contributed by atoms with E-state index in [0.717, 1.165) is 26.2 Å². The number of hydrogen-bond acceptors (Lipinski definition) is 3. The molecule has 0 amide bonds. The molecule has 1 aromatic rings. The minimum atomic E-state index is 0.599. The number of nitrogens with zero attached hydrogens (tertiary/aromatic N) is 2. The molecule has 0 bridgehead atoms. The Morgan fingerprint density at radius 1 is 1.35 bits per heavy atom. The van der Waals surface area contributed by atoms with E-state index in [4.69, 9.17) is 0 Å². The van der Waals surface area contributed by atoms with Crippen molar-refractivity contribution in [3.05, 3.63) is 18.5 Å². The summed E-state index contributed by atoms with van der Waals surface area (Å²) < 4.78 is 1.44. The molecule has 94 valence electrons. The summed E-state index contributed by atoms with van der Waals surface area (Å²) in [6, 6.07) is 2.34. The standard InChI is InChI=1S/C13H21N3Se/c1-2-8-17-13-9-12(10-15-11-13)16-6-3-4-14-5-7-16/h9-11,14H,2-8H2,1H3. The van der Waals surface area contributed by atoms with Gasteiger partial charge >= 0.3 is 110 Å². The second kappa shape index (κ2) is 7.00. The summed E-state index contributed by atoms with van der Waals surface area (Å²) in [5.74, 6) is 0. The molecule has 1 aliphatic heterocycles. The topological polar surface area (TPSA) is 28.2 Å². The summed E-state index contributed by atoms with van der Waals surface area (Å²) >= 11 is 0.599. The van der Waals surface area contributed by atoms with Gasteiger partial charge in [0, 0.05) is 0 Å². The average molecular weight is 298 g/mol. The van der Waals surface area contributed by atoms with Crippen molar-refractivity contribution in [1.29, 1.82) is 0 Å². The van der Waals surface area contributed by atoms with Gasteiger partial charge in [0.25, 0.3) is 0 Å². The molecule has 3 nitrogen and oxygen atoms in total. The van der Waals surface area contributed by atoms with Crippen LogP contribution in [0.15, 0.2) is 18.5 Å². The van der Waals surface area contributed by atoms with E-state index in [1.807, 2.05) is 12.4 Å². The van der Waals surface area contributed by atoms with Crippen LogP contribution < -0.4 is 14.7 Å². The molecule has 0 aliphatic carbocycles. The van der Waals surface area contributed by atoms with E-state index in [-0.39, 0.29) is 0 Å². The quantitative estimate of drug-likeness (QED) is 0.842. The molecule has 0 aromatic carbocycles. The third-order valence-electron chi connectivity index (χ3n) is 2.88. The molecular weight excluding hydrogens is 277 g/mol. The van der Waals surface area contributed by atoms with Crippen LogP contribution in [0, 0.1) is 0 Å². The molecule has 2 rings (SSSR count). The third-order valence-corrected chi connectivity index (χ3v) is 5.33. The fraction of sp³-hybridized carbons (Fsp3) is 0.615. The molecule has 1 fully saturated rings. The maximum absolute atomic E-state index is 4.40. The van der Waals surface area contributed by atoms with Gasteiger partial charge in [-0.2, -0.15) is 0 Å². The second-order valence-corrected chi connectivity index (χ2v) is 6.77. The molecule has 0 saturated carbocycles. The fourth-order valence-corrected chi connectivity index (χ4v) is 3.62. The Balaban J connectivity index is 2.03. The van der Waals surface area contributed by atoms with Crippen molar-refractivity contribution in [3.63, 3.8) is 0 Å². The SMILES string of the molecule is CCC[Se]c1cncc(N2CCCNCC2)c1. The molecule has 1 aromatic heterocycles. The predicted molar refractivity (Wildman–Crippen MR) is 74.4 cm³/mol. The van der Waals surface area contributed by atoms with Gasteiger partial charge in [0.1, 0.15) is 0 Å². The summed E-state index contributed by atoms with van der Waals surface area (Å²) in [5.41, 5.74) is 1.31. The number of nitrogens with one attached hydrogen (secondary N) is 1. The van der Waals surface area contributed by atoms with Crippen LogP contribution in [0.4, 0.5) is 5.69 Å². The van der Waals surface area contributed by atoms with Gasteiger partial charge in [-0.25, -0.2) is 0 Å². The summed E-state index contributed by atoms with van der Waals surface area (Å²) in [7, 11) is 0. The Bertz CT molecular complexity index is 335. The predicted octanol–water partition coefficient (Wildman–Crippen LogP) is 1.04. The van der Waals surface area contributed by atoms with Gasteiger partial charge in [0.15, 0.2) is 0 Å². The van der Waals surface area contributed by atoms with E-state index in [0.29, 0.717) is 15.0 Å². The molecule has 1 saturated heterocycles. The van der Waals surface area contributed by atoms with E-state index in [1.54, 1.807) is 0 Å². The number of pyridine rings is 1. The first-order chi connectivity index (χ1) is 8.40. The fourth-order valence-electron chi connectivity index (χ4n) is 1.98. The number of rotatable bonds is 4. The molecule has 17 heavy (non-hydrogen) atoms. The van der Waals surface area contributed by atoms with Crippen LogP contribution in [-0.2, 0) is 0 Å². The molecule has 4 heteroatoms. The van der Waals surface area contributed by atoms with Crippen molar-refractivity contribution in [2.45, 2.75) is 25.1 Å². The molecule has 0 spiro atoms. The summed E-state index contributed by atoms with van der Waals surface area (Å²) in [5, 5.41) is 4.76. The summed E-state index contributed by atoms with van der Waals surface area (Å²) in [6.07, 6.45) is 6.55. The van der Waals surface area contributed by atoms with E-state index >= 15 is 0 Å². The second-order valence-electron chi connectivity index (χ2n) is 4.32. The number of anilines is 1. The number of hydrogen-bond donors (Lipinski definition) is 1. The van der Waals surface area contributed by atoms with Gasteiger partial charge in [0.2, 0.25) is 0 Å². The minimum absolute atomic E-state index is 0.599. The van der Waals surface area contributed by atoms with Crippen LogP contribution in [0.2, 0.25) is 5.32 Å². The van der Waals surface area contributed by atoms with Crippen molar-refractivity contribution in [1.82, 2.24) is 10.3 Å². The Hall–Kier alpha value is -0.571. The first-order valence-electron chi connectivity index (χ1n) is 6.43. The first-order valence-corrected chi connectivity index (χ1v) is 8.50. The van der Waals surface area contributed by atoms with Crippen LogP contribution in [0.5, 0.6) is 0 Å². The van der Waals surface area contributed by atoms with Gasteiger partial charge in [-0.3, -0.25) is 0 Å².